The molecule has 51 heavy (non-hydrogen) atoms. The van der Waals surface area contributed by atoms with Gasteiger partial charge in [0, 0.05) is 13.5 Å². The predicted molar refractivity (Wildman–Crippen MR) is 178 cm³/mol. The Hall–Kier alpha value is -0.520. The molecule has 5 aliphatic carbocycles. The molecule has 3 heterocycles. The van der Waals surface area contributed by atoms with E-state index in [1.165, 1.54) is 0 Å². The minimum atomic E-state index is -1.54. The lowest BCUT2D eigenvalue weighted by Gasteiger charge is -2.65. The smallest absolute Gasteiger partial charge is 0.186 e. The lowest BCUT2D eigenvalue weighted by Crippen LogP contribution is -2.65. The predicted octanol–water partition coefficient (Wildman–Crippen LogP) is 1.05. The van der Waals surface area contributed by atoms with Gasteiger partial charge in [0.1, 0.15) is 42.7 Å². The van der Waals surface area contributed by atoms with Crippen molar-refractivity contribution >= 4 is 0 Å². The number of hydrogen-bond acceptors (Lipinski definition) is 13. The summed E-state index contributed by atoms with van der Waals surface area (Å²) in [5, 5.41) is 73.8. The van der Waals surface area contributed by atoms with E-state index in [2.05, 4.69) is 34.6 Å². The minimum absolute atomic E-state index is 0.0254. The van der Waals surface area contributed by atoms with Crippen molar-refractivity contribution in [1.82, 2.24) is 0 Å². The third-order valence-corrected chi connectivity index (χ3v) is 16.7. The van der Waals surface area contributed by atoms with Crippen LogP contribution in [-0.2, 0) is 28.4 Å². The summed E-state index contributed by atoms with van der Waals surface area (Å²) in [6, 6.07) is 0. The van der Waals surface area contributed by atoms with E-state index in [9.17, 15) is 35.7 Å². The molecule has 0 aromatic rings. The van der Waals surface area contributed by atoms with Crippen LogP contribution in [0.25, 0.3) is 0 Å². The first-order valence-electron chi connectivity index (χ1n) is 19.4. The largest absolute Gasteiger partial charge is 0.394 e. The van der Waals surface area contributed by atoms with E-state index < -0.39 is 73.4 Å². The van der Waals surface area contributed by atoms with Crippen molar-refractivity contribution in [1.29, 1.82) is 0 Å². The molecular weight excluding hydrogens is 664 g/mol. The molecule has 0 bridgehead atoms. The molecule has 13 nitrogen and oxygen atoms in total. The van der Waals surface area contributed by atoms with Crippen molar-refractivity contribution < 1.29 is 64.2 Å². The normalized spacial score (nSPS) is 60.3. The SMILES string of the molecule is COC1CC(C)C2C(CC3(C)C4C(OC5OC(CO)C(O)C(O)C5O)CC5C(C)(C)C(OC6OCC(O)C(O)C6O)CCC56CC46CCC23C)O1. The minimum Gasteiger partial charge on any atom is -0.394 e. The van der Waals surface area contributed by atoms with Gasteiger partial charge < -0.3 is 64.2 Å². The molecule has 21 unspecified atom stereocenters. The highest BCUT2D eigenvalue weighted by atomic mass is 16.7. The molecule has 8 aliphatic rings. The Morgan fingerprint density at radius 1 is 0.765 bits per heavy atom. The maximum atomic E-state index is 11.2. The van der Waals surface area contributed by atoms with Crippen molar-refractivity contribution in [3.63, 3.8) is 0 Å². The van der Waals surface area contributed by atoms with E-state index in [1.54, 1.807) is 7.11 Å². The zero-order valence-electron chi connectivity index (χ0n) is 31.0. The number of hydrogen-bond donors (Lipinski definition) is 7. The molecule has 3 aliphatic heterocycles. The molecule has 0 aromatic carbocycles. The molecule has 8 rings (SSSR count). The zero-order chi connectivity index (χ0) is 36.6. The van der Waals surface area contributed by atoms with E-state index >= 15 is 0 Å². The maximum absolute atomic E-state index is 11.2. The van der Waals surface area contributed by atoms with Gasteiger partial charge in [-0.2, -0.15) is 0 Å². The molecule has 8 fully saturated rings. The highest BCUT2D eigenvalue weighted by molar-refractivity contribution is 5.33. The summed E-state index contributed by atoms with van der Waals surface area (Å²) in [5.74, 6) is 0.967. The van der Waals surface area contributed by atoms with Gasteiger partial charge in [-0.05, 0) is 95.7 Å². The Labute approximate surface area is 300 Å². The van der Waals surface area contributed by atoms with Crippen LogP contribution in [0.3, 0.4) is 0 Å². The first-order chi connectivity index (χ1) is 24.0. The van der Waals surface area contributed by atoms with Crippen molar-refractivity contribution in [2.45, 2.75) is 166 Å². The molecule has 292 valence electrons. The van der Waals surface area contributed by atoms with Gasteiger partial charge >= 0.3 is 0 Å². The molecule has 21 atom stereocenters. The number of aliphatic hydroxyl groups excluding tert-OH is 7. The molecule has 7 N–H and O–H groups in total. The molecule has 5 saturated carbocycles. The van der Waals surface area contributed by atoms with Crippen LogP contribution in [0.2, 0.25) is 0 Å². The number of ether oxygens (including phenoxy) is 6. The zero-order valence-corrected chi connectivity index (χ0v) is 31.0. The topological polar surface area (TPSA) is 197 Å². The van der Waals surface area contributed by atoms with Crippen LogP contribution < -0.4 is 0 Å². The van der Waals surface area contributed by atoms with E-state index in [0.717, 1.165) is 44.9 Å². The van der Waals surface area contributed by atoms with E-state index in [0.29, 0.717) is 18.3 Å². The van der Waals surface area contributed by atoms with Gasteiger partial charge in [-0.1, -0.05) is 34.6 Å². The number of rotatable bonds is 6. The summed E-state index contributed by atoms with van der Waals surface area (Å²) < 4.78 is 37.7. The Morgan fingerprint density at radius 2 is 1.49 bits per heavy atom. The third kappa shape index (κ3) is 5.06. The summed E-state index contributed by atoms with van der Waals surface area (Å²) in [5.41, 5.74) is -0.682. The second-order valence-electron chi connectivity index (χ2n) is 19.0. The summed E-state index contributed by atoms with van der Waals surface area (Å²) in [6.07, 6.45) is -5.55. The quantitative estimate of drug-likeness (QED) is 0.192. The highest BCUT2D eigenvalue weighted by Gasteiger charge is 2.85. The van der Waals surface area contributed by atoms with E-state index in [4.69, 9.17) is 28.4 Å². The first-order valence-corrected chi connectivity index (χ1v) is 19.4. The van der Waals surface area contributed by atoms with Crippen molar-refractivity contribution in [2.24, 2.45) is 50.7 Å². The fourth-order valence-electron chi connectivity index (χ4n) is 14.1. The molecule has 2 spiro atoms. The van der Waals surface area contributed by atoms with Crippen LogP contribution >= 0.6 is 0 Å². The van der Waals surface area contributed by atoms with Gasteiger partial charge in [0.2, 0.25) is 0 Å². The van der Waals surface area contributed by atoms with Gasteiger partial charge in [0.05, 0.1) is 31.5 Å². The highest BCUT2D eigenvalue weighted by Crippen LogP contribution is 2.89. The van der Waals surface area contributed by atoms with Gasteiger partial charge in [0.25, 0.3) is 0 Å². The third-order valence-electron chi connectivity index (χ3n) is 16.7. The second kappa shape index (κ2) is 12.5. The number of methoxy groups -OCH3 is 1. The van der Waals surface area contributed by atoms with Crippen LogP contribution in [0.15, 0.2) is 0 Å². The van der Waals surface area contributed by atoms with Gasteiger partial charge in [-0.15, -0.1) is 0 Å². The van der Waals surface area contributed by atoms with E-state index in [-0.39, 0.29) is 58.6 Å². The number of aliphatic hydroxyl groups is 7. The van der Waals surface area contributed by atoms with Crippen molar-refractivity contribution in [3.8, 4) is 0 Å². The van der Waals surface area contributed by atoms with Crippen LogP contribution in [0, 0.1) is 50.7 Å². The Kier molecular flexibility index (Phi) is 9.16. The van der Waals surface area contributed by atoms with E-state index in [1.807, 2.05) is 0 Å². The molecule has 13 heteroatoms. The second-order valence-corrected chi connectivity index (χ2v) is 19.0. The Bertz CT molecular complexity index is 1320. The Balaban J connectivity index is 1.16. The fraction of sp³-hybridized carbons (Fsp3) is 1.00. The fourth-order valence-corrected chi connectivity index (χ4v) is 14.1. The van der Waals surface area contributed by atoms with Gasteiger partial charge in [-0.3, -0.25) is 0 Å². The summed E-state index contributed by atoms with van der Waals surface area (Å²) in [4.78, 5) is 0. The summed E-state index contributed by atoms with van der Waals surface area (Å²) in [7, 11) is 1.71. The molecule has 3 saturated heterocycles. The molecule has 0 radical (unpaired) electrons. The standard InChI is InChI=1S/C38H62O13/c1-17-11-24(46-6)48-20-13-36(5)31-19(49-33-30(45)28(43)27(42)21(14-39)50-33)12-22-34(2,3)23(51-32-29(44)26(41)18(40)15-47-32)7-8-37(22)16-38(31,37)10-9-35(36,4)25(17)20/h17-33,39-45H,7-16H2,1-6H3. The summed E-state index contributed by atoms with van der Waals surface area (Å²) >= 11 is 0. The first kappa shape index (κ1) is 37.4. The molecule has 0 aromatic heterocycles. The molecule has 0 amide bonds. The number of fused-ring (bicyclic) bond motifs is 4. The Morgan fingerprint density at radius 3 is 2.20 bits per heavy atom. The lowest BCUT2D eigenvalue weighted by molar-refractivity contribution is -0.335. The van der Waals surface area contributed by atoms with Gasteiger partial charge in [0.15, 0.2) is 18.9 Å². The van der Waals surface area contributed by atoms with Crippen LogP contribution in [0.4, 0.5) is 0 Å². The lowest BCUT2D eigenvalue weighted by atomic mass is 9.41. The maximum Gasteiger partial charge on any atom is 0.186 e. The van der Waals surface area contributed by atoms with Crippen LogP contribution in [0.1, 0.15) is 86.0 Å². The monoisotopic (exact) mass is 726 g/mol. The van der Waals surface area contributed by atoms with Crippen LogP contribution in [-0.4, -0.2) is 136 Å². The van der Waals surface area contributed by atoms with Gasteiger partial charge in [-0.25, -0.2) is 0 Å². The van der Waals surface area contributed by atoms with Crippen molar-refractivity contribution in [3.05, 3.63) is 0 Å². The molecular formula is C38H62O13. The summed E-state index contributed by atoms with van der Waals surface area (Å²) in [6.45, 7) is 11.0. The van der Waals surface area contributed by atoms with Crippen LogP contribution in [0.5, 0.6) is 0 Å². The average Bonchev–Trinajstić information content (AvgIpc) is 3.67. The average molecular weight is 727 g/mol. The van der Waals surface area contributed by atoms with Crippen molar-refractivity contribution in [2.75, 3.05) is 20.3 Å².